The first-order valence-electron chi connectivity index (χ1n) is 15.0. The van der Waals surface area contributed by atoms with E-state index in [0.29, 0.717) is 0 Å². The van der Waals surface area contributed by atoms with E-state index in [4.69, 9.17) is 10.8 Å². The number of isothiocyanates is 2. The van der Waals surface area contributed by atoms with Gasteiger partial charge >= 0.3 is 16.8 Å². The largest absolute Gasteiger partial charge is 2.00 e. The molecule has 0 aliphatic heterocycles. The van der Waals surface area contributed by atoms with Crippen molar-refractivity contribution in [3.8, 4) is 0 Å². The zero-order valence-electron chi connectivity index (χ0n) is 26.6. The van der Waals surface area contributed by atoms with E-state index in [1.54, 1.807) is 0 Å². The summed E-state index contributed by atoms with van der Waals surface area (Å²) < 4.78 is 0. The molecule has 0 saturated carbocycles. The first-order chi connectivity index (χ1) is 23.0. The molecular formula is C40H35CoN3P2S2+2. The van der Waals surface area contributed by atoms with Gasteiger partial charge in [0.2, 0.25) is 0 Å². The topological polar surface area (TPSA) is 56.6 Å². The van der Waals surface area contributed by atoms with Gasteiger partial charge in [-0.1, -0.05) is 109 Å². The van der Waals surface area contributed by atoms with Crippen LogP contribution in [-0.4, -0.2) is 10.3 Å². The number of hydrogen-bond donors (Lipinski definition) is 1. The van der Waals surface area contributed by atoms with E-state index in [1.165, 1.54) is 64.7 Å². The second-order valence-electron chi connectivity index (χ2n) is 10.6. The van der Waals surface area contributed by atoms with Gasteiger partial charge in [-0.15, -0.1) is 0 Å². The third-order valence-electron chi connectivity index (χ3n) is 7.41. The van der Waals surface area contributed by atoms with Crippen LogP contribution in [0.5, 0.6) is 0 Å². The normalized spacial score (nSPS) is 9.83. The van der Waals surface area contributed by atoms with Crippen LogP contribution in [0.15, 0.2) is 158 Å². The molecule has 48 heavy (non-hydrogen) atoms. The van der Waals surface area contributed by atoms with Gasteiger partial charge in [0.15, 0.2) is 0 Å². The molecule has 0 atom stereocenters. The molecule has 6 rings (SSSR count). The van der Waals surface area contributed by atoms with E-state index >= 15 is 0 Å². The maximum absolute atomic E-state index is 7.13. The van der Waals surface area contributed by atoms with Gasteiger partial charge in [-0.2, -0.15) is 10.3 Å². The molecule has 0 aromatic heterocycles. The first kappa shape index (κ1) is 38.5. The van der Waals surface area contributed by atoms with Gasteiger partial charge in [-0.3, -0.25) is 0 Å². The van der Waals surface area contributed by atoms with Crippen LogP contribution in [0.25, 0.3) is 10.8 Å². The molecule has 0 fully saturated rings. The molecule has 3 nitrogen and oxygen atoms in total. The summed E-state index contributed by atoms with van der Waals surface area (Å²) in [6, 6.07) is 57.9. The summed E-state index contributed by atoms with van der Waals surface area (Å²) in [7, 11) is -2.49. The van der Waals surface area contributed by atoms with Crippen LogP contribution < -0.4 is 37.1 Å². The molecule has 0 aliphatic rings. The van der Waals surface area contributed by atoms with Gasteiger partial charge in [0.1, 0.15) is 47.7 Å². The van der Waals surface area contributed by atoms with Gasteiger partial charge in [0.25, 0.3) is 0 Å². The number of nitrogens with zero attached hydrogens (tertiary/aromatic N) is 2. The fourth-order valence-electron chi connectivity index (χ4n) is 5.47. The van der Waals surface area contributed by atoms with Crippen LogP contribution in [0.4, 0.5) is 11.4 Å². The fraction of sp³-hybridized carbons (Fsp3) is 0.0500. The average molecular weight is 743 g/mol. The predicted octanol–water partition coefficient (Wildman–Crippen LogP) is 8.34. The minimum absolute atomic E-state index is 0. The Labute approximate surface area is 307 Å². The first-order valence-corrected chi connectivity index (χ1v) is 18.8. The Kier molecular flexibility index (Phi) is 16.4. The van der Waals surface area contributed by atoms with E-state index in [1.807, 2.05) is 0 Å². The van der Waals surface area contributed by atoms with Gasteiger partial charge in [-0.05, 0) is 97.8 Å². The van der Waals surface area contributed by atoms with Crippen LogP contribution in [0.2, 0.25) is 0 Å². The predicted molar refractivity (Wildman–Crippen MR) is 218 cm³/mol. The van der Waals surface area contributed by atoms with E-state index < -0.39 is 15.8 Å². The van der Waals surface area contributed by atoms with Crippen molar-refractivity contribution in [3.05, 3.63) is 180 Å². The number of rotatable bonds is 8. The number of benzene rings is 6. The summed E-state index contributed by atoms with van der Waals surface area (Å²) in [5.74, 6) is 0. The number of nitrogens with one attached hydrogen (secondary N) is 1. The van der Waals surface area contributed by atoms with E-state index in [2.05, 4.69) is 201 Å². The second kappa shape index (κ2) is 20.5. The Hall–Kier alpha value is -3.91. The molecule has 0 saturated heterocycles. The third kappa shape index (κ3) is 10.5. The van der Waals surface area contributed by atoms with Crippen molar-refractivity contribution in [3.63, 3.8) is 0 Å². The number of hydrogen-bond acceptors (Lipinski definition) is 3. The molecule has 0 bridgehead atoms. The van der Waals surface area contributed by atoms with Crippen LogP contribution in [0, 0.1) is 13.8 Å². The third-order valence-corrected chi connectivity index (χ3v) is 13.0. The smallest absolute Gasteiger partial charge is 0.753 e. The van der Waals surface area contributed by atoms with Crippen molar-refractivity contribution < 1.29 is 16.8 Å². The summed E-state index contributed by atoms with van der Waals surface area (Å²) in [6.45, 7) is 4.40. The molecule has 0 amide bonds. The average Bonchev–Trinajstić information content (AvgIpc) is 3.10. The molecule has 0 aliphatic carbocycles. The maximum Gasteiger partial charge on any atom is 2.00 e. The van der Waals surface area contributed by atoms with Crippen molar-refractivity contribution in [1.29, 1.82) is 0 Å². The summed E-state index contributed by atoms with van der Waals surface area (Å²) in [5.41, 5.74) is 4.93. The SMILES string of the molecule is Cc1ccc(Nc2ccc(C)cc2[PH+](c2ccccc2)c2ccccc2)c([PH+](c2ccccc2)c2ccccc2)c1.[Co+2].[N-]=C=S.[N-]=C=S. The number of thiocarbonyl (C=S) groups is 2. The molecule has 1 N–H and O–H groups in total. The van der Waals surface area contributed by atoms with E-state index in [9.17, 15) is 0 Å². The molecule has 0 unspecified atom stereocenters. The molecule has 8 heteroatoms. The monoisotopic (exact) mass is 742 g/mol. The van der Waals surface area contributed by atoms with Gasteiger partial charge in [0, 0.05) is 0 Å². The van der Waals surface area contributed by atoms with Crippen molar-refractivity contribution in [2.45, 2.75) is 13.8 Å². The molecule has 239 valence electrons. The summed E-state index contributed by atoms with van der Waals surface area (Å²) in [4.78, 5) is 0. The molecule has 0 spiro atoms. The molecule has 1 radical (unpaired) electrons. The second-order valence-corrected chi connectivity index (χ2v) is 15.9. The summed E-state index contributed by atoms with van der Waals surface area (Å²) in [5, 5.41) is 29.2. The Bertz CT molecular complexity index is 1710. The summed E-state index contributed by atoms with van der Waals surface area (Å²) >= 11 is 7.40. The van der Waals surface area contributed by atoms with Crippen molar-refractivity contribution >= 4 is 93.8 Å². The Morgan fingerprint density at radius 3 is 0.958 bits per heavy atom. The van der Waals surface area contributed by atoms with E-state index in [0.717, 1.165) is 0 Å². The molecular weight excluding hydrogens is 707 g/mol. The van der Waals surface area contributed by atoms with Crippen LogP contribution in [0.3, 0.4) is 0 Å². The molecule has 6 aromatic rings. The number of aryl methyl sites for hydroxylation is 2. The van der Waals surface area contributed by atoms with Crippen molar-refractivity contribution in [2.75, 3.05) is 5.32 Å². The Morgan fingerprint density at radius 1 is 0.458 bits per heavy atom. The zero-order chi connectivity index (χ0) is 33.4. The molecule has 0 heterocycles. The van der Waals surface area contributed by atoms with Crippen molar-refractivity contribution in [1.82, 2.24) is 0 Å². The standard InChI is InChI=1S/C38H33NP2.2CNS.Co/c1-29-23-25-35(37(27-29)40(31-15-7-3-8-16-31)32-17-9-4-10-18-32)39-36-26-24-30(2)28-38(36)41(33-19-11-5-12-20-33)34-21-13-6-14-22-34;2*2-1-3;/h3-28,39H,1-2H3;;;/q;2*-1;+2/p+2. The van der Waals surface area contributed by atoms with Crippen LogP contribution >= 0.6 is 40.3 Å². The van der Waals surface area contributed by atoms with Gasteiger partial charge in [0.05, 0.1) is 11.4 Å². The van der Waals surface area contributed by atoms with E-state index in [-0.39, 0.29) is 16.8 Å². The minimum Gasteiger partial charge on any atom is -0.753 e. The van der Waals surface area contributed by atoms with Gasteiger partial charge in [-0.25, -0.2) is 0 Å². The summed E-state index contributed by atoms with van der Waals surface area (Å²) in [6.07, 6.45) is 0. The Morgan fingerprint density at radius 2 is 0.708 bits per heavy atom. The van der Waals surface area contributed by atoms with Crippen LogP contribution in [-0.2, 0) is 16.8 Å². The Balaban J connectivity index is 0.000000833. The van der Waals surface area contributed by atoms with Gasteiger partial charge < -0.3 is 16.1 Å². The number of anilines is 2. The molecule has 6 aromatic carbocycles. The fourth-order valence-corrected chi connectivity index (χ4v) is 11.1. The maximum atomic E-state index is 7.13. The van der Waals surface area contributed by atoms with Crippen LogP contribution in [0.1, 0.15) is 11.1 Å². The minimum atomic E-state index is -1.25. The van der Waals surface area contributed by atoms with Crippen molar-refractivity contribution in [2.24, 2.45) is 0 Å². The zero-order valence-corrected chi connectivity index (χ0v) is 31.2. The quantitative estimate of drug-likeness (QED) is 0.0970.